The summed E-state index contributed by atoms with van der Waals surface area (Å²) in [6, 6.07) is 7.18. The van der Waals surface area contributed by atoms with Crippen molar-refractivity contribution in [2.24, 2.45) is 17.8 Å². The van der Waals surface area contributed by atoms with Gasteiger partial charge in [0.15, 0.2) is 11.6 Å². The third-order valence-electron chi connectivity index (χ3n) is 7.28. The zero-order chi connectivity index (χ0) is 36.4. The maximum absolute atomic E-state index is 12.9. The minimum Gasteiger partial charge on any atom is -0.289 e. The summed E-state index contributed by atoms with van der Waals surface area (Å²) in [7, 11) is 0. The fourth-order valence-electron chi connectivity index (χ4n) is 4.88. The highest BCUT2D eigenvalue weighted by atomic mass is 20.0. The Morgan fingerprint density at radius 1 is 0.630 bits per heavy atom. The molecular formula is C31H47F13O2. The smallest absolute Gasteiger partial charge is 0.190 e. The number of rotatable bonds is 14. The van der Waals surface area contributed by atoms with Crippen LogP contribution in [0.5, 0.6) is 0 Å². The van der Waals surface area contributed by atoms with Gasteiger partial charge in [0.05, 0.1) is 0 Å². The molecule has 0 N–H and O–H groups in total. The van der Waals surface area contributed by atoms with Crippen LogP contribution in [0.4, 0.5) is 59.6 Å². The first kappa shape index (κ1) is 55.5. The predicted octanol–water partition coefficient (Wildman–Crippen LogP) is 14.4. The lowest BCUT2D eigenvalue weighted by Crippen LogP contribution is -2.20. The first-order chi connectivity index (χ1) is 21.7. The van der Waals surface area contributed by atoms with Crippen molar-refractivity contribution in [3.05, 3.63) is 58.2 Å². The van der Waals surface area contributed by atoms with E-state index >= 15 is 0 Å². The number of hydrogen-bond donors (Lipinski definition) is 0. The monoisotopic (exact) mass is 698 g/mol. The Balaban J connectivity index is -0.000000275. The molecular weight excluding hydrogens is 651 g/mol. The quantitative estimate of drug-likeness (QED) is 0.143. The average molecular weight is 699 g/mol. The van der Waals surface area contributed by atoms with Gasteiger partial charge < -0.3 is 0 Å². The van der Waals surface area contributed by atoms with Gasteiger partial charge in [-0.05, 0) is 50.9 Å². The van der Waals surface area contributed by atoms with Crippen LogP contribution in [0.3, 0.4) is 0 Å². The van der Waals surface area contributed by atoms with E-state index in [1.165, 1.54) is 56.9 Å². The molecule has 274 valence electrons. The number of carbonyl (C=O) groups is 2. The van der Waals surface area contributed by atoms with Crippen molar-refractivity contribution in [1.82, 2.24) is 0 Å². The number of allylic oxidation sites excluding steroid dienone is 4. The molecule has 0 aromatic heterocycles. The standard InChI is InChI=1S/C31H46O2.6F2.FH/c1-22(2)12-9-13-23(3)14-10-15-24(4)16-11-17-25(5)20-21-27-26(6)30(32)28-18-7-8-19-29(28)31(27)33;6*1-2;/h7-8,18-20,22-24H,9-17,21H2,1-6H3;;;;;;;1H/b25-20+;;;;;;;. The predicted molar refractivity (Wildman–Crippen MR) is 157 cm³/mol. The largest absolute Gasteiger partial charge is 0.289 e. The summed E-state index contributed by atoms with van der Waals surface area (Å²) in [4.78, 5) is 25.5. The number of benzene rings is 1. The Morgan fingerprint density at radius 2 is 1.00 bits per heavy atom. The van der Waals surface area contributed by atoms with Crippen LogP contribution < -0.4 is 0 Å². The minimum atomic E-state index is -0.00526. The molecule has 1 aromatic carbocycles. The molecule has 0 amide bonds. The van der Waals surface area contributed by atoms with Gasteiger partial charge in [-0.2, -0.15) is 0 Å². The Hall–Kier alpha value is -2.87. The van der Waals surface area contributed by atoms with Gasteiger partial charge in [0.25, 0.3) is 0 Å². The van der Waals surface area contributed by atoms with E-state index in [4.69, 9.17) is 54.9 Å². The van der Waals surface area contributed by atoms with Crippen LogP contribution in [0.15, 0.2) is 47.1 Å². The topological polar surface area (TPSA) is 34.1 Å². The van der Waals surface area contributed by atoms with Crippen LogP contribution in [0.2, 0.25) is 0 Å². The molecule has 0 saturated carbocycles. The summed E-state index contributed by atoms with van der Waals surface area (Å²) in [5.41, 5.74) is 3.68. The molecule has 1 aromatic rings. The van der Waals surface area contributed by atoms with E-state index in [1.54, 1.807) is 19.1 Å². The van der Waals surface area contributed by atoms with E-state index in [2.05, 4.69) is 40.7 Å². The van der Waals surface area contributed by atoms with Gasteiger partial charge in [0.2, 0.25) is 0 Å². The minimum absolute atomic E-state index is 0. The Bertz CT molecular complexity index is 895. The molecule has 15 heteroatoms. The highest BCUT2D eigenvalue weighted by molar-refractivity contribution is 6.26. The van der Waals surface area contributed by atoms with Crippen molar-refractivity contribution in [3.63, 3.8) is 0 Å². The van der Waals surface area contributed by atoms with Crippen molar-refractivity contribution in [1.29, 1.82) is 0 Å². The van der Waals surface area contributed by atoms with Crippen molar-refractivity contribution < 1.29 is 69.2 Å². The molecule has 2 unspecified atom stereocenters. The van der Waals surface area contributed by atoms with E-state index in [-0.39, 0.29) is 16.3 Å². The Labute approximate surface area is 262 Å². The van der Waals surface area contributed by atoms with E-state index < -0.39 is 0 Å². The first-order valence-corrected chi connectivity index (χ1v) is 14.1. The van der Waals surface area contributed by atoms with Gasteiger partial charge in [-0.25, -0.2) is 0 Å². The van der Waals surface area contributed by atoms with Crippen molar-refractivity contribution >= 4 is 11.6 Å². The third kappa shape index (κ3) is 25.3. The molecule has 1 aliphatic carbocycles. The zero-order valence-corrected chi connectivity index (χ0v) is 27.0. The van der Waals surface area contributed by atoms with Crippen LogP contribution in [0.1, 0.15) is 126 Å². The van der Waals surface area contributed by atoms with Crippen LogP contribution in [0.25, 0.3) is 0 Å². The molecule has 46 heavy (non-hydrogen) atoms. The van der Waals surface area contributed by atoms with E-state index in [1.807, 2.05) is 12.1 Å². The van der Waals surface area contributed by atoms with Gasteiger partial charge in [0.1, 0.15) is 0 Å². The summed E-state index contributed by atoms with van der Waals surface area (Å²) < 4.78 is 96.0. The summed E-state index contributed by atoms with van der Waals surface area (Å²) in [6.45, 7) is 13.4. The molecule has 0 bridgehead atoms. The first-order valence-electron chi connectivity index (χ1n) is 14.1. The van der Waals surface area contributed by atoms with Crippen LogP contribution in [0, 0.1) is 17.8 Å². The molecule has 0 saturated heterocycles. The molecule has 2 rings (SSSR count). The molecule has 0 radical (unpaired) electrons. The van der Waals surface area contributed by atoms with E-state index in [9.17, 15) is 9.59 Å². The van der Waals surface area contributed by atoms with Crippen molar-refractivity contribution in [2.75, 3.05) is 0 Å². The second-order valence-electron chi connectivity index (χ2n) is 10.9. The third-order valence-corrected chi connectivity index (χ3v) is 7.28. The molecule has 2 nitrogen and oxygen atoms in total. The highest BCUT2D eigenvalue weighted by Gasteiger charge is 2.28. The number of carbonyl (C=O) groups excluding carboxylic acids is 2. The molecule has 0 spiro atoms. The summed E-state index contributed by atoms with van der Waals surface area (Å²) in [5.74, 6) is 2.48. The number of hydrogen-bond acceptors (Lipinski definition) is 2. The highest BCUT2D eigenvalue weighted by Crippen LogP contribution is 2.29. The lowest BCUT2D eigenvalue weighted by Gasteiger charge is -2.18. The molecule has 0 fully saturated rings. The number of fused-ring (bicyclic) bond motifs is 1. The lowest BCUT2D eigenvalue weighted by atomic mass is 9.83. The Morgan fingerprint density at radius 3 is 1.41 bits per heavy atom. The summed E-state index contributed by atoms with van der Waals surface area (Å²) in [6.07, 6.45) is 14.4. The molecule has 1 aliphatic rings. The second kappa shape index (κ2) is 40.2. The van der Waals surface area contributed by atoms with Gasteiger partial charge in [-0.1, -0.05) is 109 Å². The normalized spacial score (nSPS) is 12.5. The summed E-state index contributed by atoms with van der Waals surface area (Å²) in [5, 5.41) is 0. The maximum atomic E-state index is 12.9. The SMILES string of the molecule is CC1=C(C/C=C(\C)CCCC(C)CCCC(C)CCCC(C)C)C(=O)c2ccccc2C1=O.F.FF.FF.FF.FF.FF.FF. The Kier molecular flexibility index (Phi) is 48.5. The van der Waals surface area contributed by atoms with Gasteiger partial charge >= 0.3 is 0 Å². The fraction of sp³-hybridized carbons (Fsp3) is 0.613. The van der Waals surface area contributed by atoms with Gasteiger partial charge in [0, 0.05) is 77.2 Å². The molecule has 0 heterocycles. The number of Topliss-reactive ketones (excluding diaryl/α,β-unsaturated/α-hetero) is 2. The fourth-order valence-corrected chi connectivity index (χ4v) is 4.88. The number of ketones is 2. The maximum Gasteiger partial charge on any atom is 0.190 e. The van der Waals surface area contributed by atoms with E-state index in [0.29, 0.717) is 28.7 Å². The zero-order valence-electron chi connectivity index (χ0n) is 27.0. The van der Waals surface area contributed by atoms with Gasteiger partial charge in [-0.15, -0.1) is 0 Å². The van der Waals surface area contributed by atoms with Crippen molar-refractivity contribution in [2.45, 2.75) is 106 Å². The van der Waals surface area contributed by atoms with Crippen molar-refractivity contribution in [3.8, 4) is 0 Å². The average Bonchev–Trinajstić information content (AvgIpc) is 3.09. The van der Waals surface area contributed by atoms with Crippen LogP contribution in [-0.2, 0) is 0 Å². The van der Waals surface area contributed by atoms with Crippen LogP contribution in [-0.4, -0.2) is 11.6 Å². The summed E-state index contributed by atoms with van der Waals surface area (Å²) >= 11 is 0. The van der Waals surface area contributed by atoms with E-state index in [0.717, 1.165) is 24.2 Å². The lowest BCUT2D eigenvalue weighted by molar-refractivity contribution is 0.0973. The number of halogens is 13. The molecule has 0 aliphatic heterocycles. The van der Waals surface area contributed by atoms with Gasteiger partial charge in [-0.3, -0.25) is 14.3 Å². The molecule has 2 atom stereocenters. The van der Waals surface area contributed by atoms with Crippen LogP contribution >= 0.6 is 0 Å². The second-order valence-corrected chi connectivity index (χ2v) is 10.9.